The van der Waals surface area contributed by atoms with Crippen molar-refractivity contribution in [3.8, 4) is 0 Å². The van der Waals surface area contributed by atoms with Crippen LogP contribution in [0.2, 0.25) is 0 Å². The third-order valence-electron chi connectivity index (χ3n) is 7.16. The maximum atomic E-state index is 5.20. The second kappa shape index (κ2) is 12.2. The van der Waals surface area contributed by atoms with Crippen LogP contribution in [0.3, 0.4) is 0 Å². The Kier molecular flexibility index (Phi) is 9.46. The van der Waals surface area contributed by atoms with Gasteiger partial charge in [-0.15, -0.1) is 0 Å². The molecule has 1 heterocycles. The lowest BCUT2D eigenvalue weighted by molar-refractivity contribution is 0.831. The average molecular weight is 510 g/mol. The number of hydrogen-bond donors (Lipinski definition) is 0. The molecule has 0 aliphatic carbocycles. The molecule has 2 aromatic carbocycles. The summed E-state index contributed by atoms with van der Waals surface area (Å²) in [6, 6.07) is 15.3. The number of hydrogen-bond acceptors (Lipinski definition) is 3. The molecule has 0 saturated carbocycles. The first kappa shape index (κ1) is 29.5. The van der Waals surface area contributed by atoms with Gasteiger partial charge >= 0.3 is 0 Å². The molecule has 3 heteroatoms. The Morgan fingerprint density at radius 1 is 0.553 bits per heavy atom. The minimum absolute atomic E-state index is 0.396. The minimum atomic E-state index is 0.396. The van der Waals surface area contributed by atoms with E-state index in [4.69, 9.17) is 15.0 Å². The van der Waals surface area contributed by atoms with Crippen molar-refractivity contribution in [2.24, 2.45) is 9.98 Å². The lowest BCUT2D eigenvalue weighted by atomic mass is 9.90. The molecular weight excluding hydrogens is 462 g/mol. The summed E-state index contributed by atoms with van der Waals surface area (Å²) in [7, 11) is 0. The Bertz CT molecular complexity index is 1190. The summed E-state index contributed by atoms with van der Waals surface area (Å²) in [6.45, 7) is 26.4. The van der Waals surface area contributed by atoms with Crippen LogP contribution in [-0.2, 0) is 0 Å². The molecular formula is C35H47N3. The fourth-order valence-corrected chi connectivity index (χ4v) is 4.98. The number of pyridine rings is 1. The van der Waals surface area contributed by atoms with Crippen molar-refractivity contribution in [2.75, 3.05) is 0 Å². The number of aromatic nitrogens is 1. The lowest BCUT2D eigenvalue weighted by Gasteiger charge is -2.19. The highest BCUT2D eigenvalue weighted by Gasteiger charge is 2.17. The van der Waals surface area contributed by atoms with Gasteiger partial charge in [0.1, 0.15) is 0 Å². The van der Waals surface area contributed by atoms with Gasteiger partial charge < -0.3 is 0 Å². The molecule has 0 amide bonds. The average Bonchev–Trinajstić information content (AvgIpc) is 2.84. The fraction of sp³-hybridized carbons (Fsp3) is 0.457. The van der Waals surface area contributed by atoms with E-state index >= 15 is 0 Å². The van der Waals surface area contributed by atoms with Gasteiger partial charge in [-0.25, -0.2) is 4.98 Å². The highest BCUT2D eigenvalue weighted by atomic mass is 14.8. The van der Waals surface area contributed by atoms with Crippen LogP contribution in [0, 0.1) is 13.8 Å². The largest absolute Gasteiger partial charge is 0.251 e. The smallest absolute Gasteiger partial charge is 0.0849 e. The van der Waals surface area contributed by atoms with E-state index in [0.717, 1.165) is 34.2 Å². The number of aryl methyl sites for hydroxylation is 2. The van der Waals surface area contributed by atoms with Crippen molar-refractivity contribution in [3.05, 3.63) is 87.2 Å². The maximum Gasteiger partial charge on any atom is 0.0849 e. The fourth-order valence-electron chi connectivity index (χ4n) is 4.98. The predicted octanol–water partition coefficient (Wildman–Crippen LogP) is 10.5. The van der Waals surface area contributed by atoms with Crippen LogP contribution in [0.25, 0.3) is 0 Å². The summed E-state index contributed by atoms with van der Waals surface area (Å²) in [5.41, 5.74) is 13.6. The lowest BCUT2D eigenvalue weighted by Crippen LogP contribution is -2.07. The summed E-state index contributed by atoms with van der Waals surface area (Å²) in [4.78, 5) is 15.4. The summed E-state index contributed by atoms with van der Waals surface area (Å²) in [5.74, 6) is 1.58. The SMILES string of the molecule is CC(=Nc1c(C(C)C)cc(C)cc1C(C)C)c1cccc(C(C)=Nc2c(C(C)C)cc(C)cc2C(C)C)n1. The number of nitrogens with zero attached hydrogens (tertiary/aromatic N) is 3. The van der Waals surface area contributed by atoms with Crippen LogP contribution in [0.5, 0.6) is 0 Å². The Morgan fingerprint density at radius 3 is 1.11 bits per heavy atom. The topological polar surface area (TPSA) is 37.6 Å². The van der Waals surface area contributed by atoms with E-state index in [1.807, 2.05) is 0 Å². The molecule has 0 spiro atoms. The summed E-state index contributed by atoms with van der Waals surface area (Å²) in [5, 5.41) is 0. The van der Waals surface area contributed by atoms with Gasteiger partial charge in [-0.05, 0) is 85.8 Å². The zero-order chi connectivity index (χ0) is 28.3. The van der Waals surface area contributed by atoms with Gasteiger partial charge in [-0.1, -0.05) is 96.8 Å². The molecule has 38 heavy (non-hydrogen) atoms. The number of rotatable bonds is 8. The van der Waals surface area contributed by atoms with E-state index in [2.05, 4.69) is 126 Å². The predicted molar refractivity (Wildman–Crippen MR) is 167 cm³/mol. The van der Waals surface area contributed by atoms with Gasteiger partial charge in [0, 0.05) is 0 Å². The molecule has 1 aromatic heterocycles. The first-order chi connectivity index (χ1) is 17.8. The van der Waals surface area contributed by atoms with E-state index in [9.17, 15) is 0 Å². The molecule has 202 valence electrons. The zero-order valence-electron chi connectivity index (χ0n) is 25.7. The van der Waals surface area contributed by atoms with Crippen LogP contribution >= 0.6 is 0 Å². The van der Waals surface area contributed by atoms with Crippen molar-refractivity contribution in [3.63, 3.8) is 0 Å². The van der Waals surface area contributed by atoms with Gasteiger partial charge in [0.15, 0.2) is 0 Å². The number of aliphatic imine (C=N–C) groups is 2. The third-order valence-corrected chi connectivity index (χ3v) is 7.16. The highest BCUT2D eigenvalue weighted by Crippen LogP contribution is 2.38. The van der Waals surface area contributed by atoms with Crippen molar-refractivity contribution in [1.82, 2.24) is 4.98 Å². The van der Waals surface area contributed by atoms with Gasteiger partial charge in [0.25, 0.3) is 0 Å². The molecule has 3 rings (SSSR count). The van der Waals surface area contributed by atoms with Gasteiger partial charge in [0.2, 0.25) is 0 Å². The second-order valence-electron chi connectivity index (χ2n) is 12.0. The Hall–Kier alpha value is -3.07. The van der Waals surface area contributed by atoms with Crippen LogP contribution < -0.4 is 0 Å². The monoisotopic (exact) mass is 509 g/mol. The van der Waals surface area contributed by atoms with Crippen LogP contribution in [-0.4, -0.2) is 16.4 Å². The maximum absolute atomic E-state index is 5.20. The molecule has 3 nitrogen and oxygen atoms in total. The van der Waals surface area contributed by atoms with Crippen LogP contribution in [0.1, 0.15) is 138 Å². The third kappa shape index (κ3) is 6.67. The van der Waals surface area contributed by atoms with Crippen molar-refractivity contribution >= 4 is 22.8 Å². The quantitative estimate of drug-likeness (QED) is 0.278. The summed E-state index contributed by atoms with van der Waals surface area (Å²) < 4.78 is 0. The second-order valence-corrected chi connectivity index (χ2v) is 12.0. The Balaban J connectivity index is 2.12. The molecule has 0 radical (unpaired) electrons. The molecule has 0 fully saturated rings. The molecule has 0 unspecified atom stereocenters. The van der Waals surface area contributed by atoms with E-state index in [1.54, 1.807) is 0 Å². The van der Waals surface area contributed by atoms with E-state index in [0.29, 0.717) is 23.7 Å². The van der Waals surface area contributed by atoms with Crippen LogP contribution in [0.15, 0.2) is 52.4 Å². The summed E-state index contributed by atoms with van der Waals surface area (Å²) >= 11 is 0. The Labute approximate surface area is 231 Å². The van der Waals surface area contributed by atoms with Crippen LogP contribution in [0.4, 0.5) is 11.4 Å². The zero-order valence-corrected chi connectivity index (χ0v) is 25.7. The standard InChI is InChI=1S/C35H47N3/c1-20(2)28-16-24(9)17-29(21(3)4)34(28)36-26(11)32-14-13-15-33(38-32)27(12)37-35-30(22(5)6)18-25(10)19-31(35)23(7)8/h13-23H,1-12H3. The molecule has 3 aromatic rings. The van der Waals surface area contributed by atoms with E-state index in [1.165, 1.54) is 33.4 Å². The molecule has 0 saturated heterocycles. The van der Waals surface area contributed by atoms with Crippen molar-refractivity contribution < 1.29 is 0 Å². The molecule has 0 atom stereocenters. The first-order valence-corrected chi connectivity index (χ1v) is 14.2. The highest BCUT2D eigenvalue weighted by molar-refractivity contribution is 6.02. The molecule has 0 bridgehead atoms. The van der Waals surface area contributed by atoms with E-state index < -0.39 is 0 Å². The van der Waals surface area contributed by atoms with Gasteiger partial charge in [0.05, 0.1) is 34.2 Å². The Morgan fingerprint density at radius 2 is 0.842 bits per heavy atom. The first-order valence-electron chi connectivity index (χ1n) is 14.2. The molecule has 0 aliphatic heterocycles. The molecule has 0 N–H and O–H groups in total. The summed E-state index contributed by atoms with van der Waals surface area (Å²) in [6.07, 6.45) is 0. The minimum Gasteiger partial charge on any atom is -0.251 e. The van der Waals surface area contributed by atoms with Crippen molar-refractivity contribution in [2.45, 2.75) is 107 Å². The van der Waals surface area contributed by atoms with Gasteiger partial charge in [-0.2, -0.15) is 0 Å². The normalized spacial score (nSPS) is 12.9. The molecule has 0 aliphatic rings. The van der Waals surface area contributed by atoms with E-state index in [-0.39, 0.29) is 0 Å². The van der Waals surface area contributed by atoms with Gasteiger partial charge in [-0.3, -0.25) is 9.98 Å². The van der Waals surface area contributed by atoms with Crippen molar-refractivity contribution in [1.29, 1.82) is 0 Å². The number of benzene rings is 2.